The van der Waals surface area contributed by atoms with Gasteiger partial charge in [-0.25, -0.2) is 4.79 Å². The van der Waals surface area contributed by atoms with Gasteiger partial charge in [0.2, 0.25) is 0 Å². The number of carboxylic acid groups (broad SMARTS) is 1. The second kappa shape index (κ2) is 2.92. The number of rotatable bonds is 2. The maximum absolute atomic E-state index is 10.6. The zero-order chi connectivity index (χ0) is 8.43. The molecule has 4 heteroatoms. The number of methoxy groups -OCH3 is 1. The molecule has 1 aromatic heterocycles. The molecule has 1 aromatic rings. The fraction of sp³-hybridized carbons (Fsp3) is 0.286. The van der Waals surface area contributed by atoms with E-state index in [0.29, 0.717) is 5.75 Å². The van der Waals surface area contributed by atoms with Crippen molar-refractivity contribution in [1.82, 2.24) is 0 Å². The topological polar surface area (TPSA) is 46.5 Å². The predicted molar refractivity (Wildman–Crippen MR) is 42.6 cm³/mol. The van der Waals surface area contributed by atoms with Crippen LogP contribution in [-0.2, 0) is 0 Å². The van der Waals surface area contributed by atoms with Crippen molar-refractivity contribution in [2.24, 2.45) is 0 Å². The first kappa shape index (κ1) is 8.07. The summed E-state index contributed by atoms with van der Waals surface area (Å²) in [5, 5.41) is 10.4. The quantitative estimate of drug-likeness (QED) is 0.739. The second-order valence-corrected chi connectivity index (χ2v) is 3.12. The molecule has 0 bridgehead atoms. The normalized spacial score (nSPS) is 9.64. The molecule has 0 saturated carbocycles. The Bertz CT molecular complexity index is 277. The summed E-state index contributed by atoms with van der Waals surface area (Å²) in [5.41, 5.74) is 0.275. The number of aromatic carboxylic acids is 1. The van der Waals surface area contributed by atoms with E-state index in [1.807, 2.05) is 0 Å². The third-order valence-electron chi connectivity index (χ3n) is 1.37. The average Bonchev–Trinajstić information content (AvgIpc) is 2.30. The van der Waals surface area contributed by atoms with Gasteiger partial charge in [-0.05, 0) is 6.92 Å². The molecule has 0 atom stereocenters. The molecule has 0 unspecified atom stereocenters. The Hall–Kier alpha value is -1.03. The van der Waals surface area contributed by atoms with Gasteiger partial charge in [-0.15, -0.1) is 11.3 Å². The monoisotopic (exact) mass is 172 g/mol. The van der Waals surface area contributed by atoms with E-state index in [0.717, 1.165) is 4.88 Å². The van der Waals surface area contributed by atoms with Crippen molar-refractivity contribution in [3.63, 3.8) is 0 Å². The molecule has 1 rings (SSSR count). The molecule has 0 aliphatic rings. The van der Waals surface area contributed by atoms with E-state index in [1.165, 1.54) is 18.4 Å². The highest BCUT2D eigenvalue weighted by Crippen LogP contribution is 2.27. The Morgan fingerprint density at radius 1 is 1.73 bits per heavy atom. The van der Waals surface area contributed by atoms with Crippen molar-refractivity contribution in [2.75, 3.05) is 7.11 Å². The lowest BCUT2D eigenvalue weighted by Crippen LogP contribution is -1.98. The molecule has 0 spiro atoms. The maximum Gasteiger partial charge on any atom is 0.340 e. The number of carboxylic acids is 1. The molecule has 60 valence electrons. The van der Waals surface area contributed by atoms with Crippen LogP contribution in [0.2, 0.25) is 0 Å². The van der Waals surface area contributed by atoms with Gasteiger partial charge >= 0.3 is 5.97 Å². The van der Waals surface area contributed by atoms with E-state index in [1.54, 1.807) is 12.3 Å². The van der Waals surface area contributed by atoms with Crippen molar-refractivity contribution < 1.29 is 14.6 Å². The van der Waals surface area contributed by atoms with Gasteiger partial charge in [-0.1, -0.05) is 0 Å². The Balaban J connectivity index is 3.17. The highest BCUT2D eigenvalue weighted by Gasteiger charge is 2.15. The summed E-state index contributed by atoms with van der Waals surface area (Å²) in [7, 11) is 1.47. The van der Waals surface area contributed by atoms with Crippen LogP contribution in [0.5, 0.6) is 5.75 Å². The molecule has 11 heavy (non-hydrogen) atoms. The Morgan fingerprint density at radius 3 is 2.73 bits per heavy atom. The molecule has 0 aromatic carbocycles. The summed E-state index contributed by atoms with van der Waals surface area (Å²) in [4.78, 5) is 11.4. The summed E-state index contributed by atoms with van der Waals surface area (Å²) in [6, 6.07) is 0. The van der Waals surface area contributed by atoms with Crippen molar-refractivity contribution in [1.29, 1.82) is 0 Å². The van der Waals surface area contributed by atoms with Crippen LogP contribution in [0.25, 0.3) is 0 Å². The molecule has 0 fully saturated rings. The molecule has 0 aliphatic heterocycles. The Labute approximate surface area is 68.2 Å². The zero-order valence-corrected chi connectivity index (χ0v) is 7.07. The van der Waals surface area contributed by atoms with Crippen LogP contribution < -0.4 is 4.74 Å². The summed E-state index contributed by atoms with van der Waals surface area (Å²) >= 11 is 1.38. The van der Waals surface area contributed by atoms with Gasteiger partial charge in [0.15, 0.2) is 0 Å². The molecule has 0 aliphatic carbocycles. The number of ether oxygens (including phenoxy) is 1. The fourth-order valence-corrected chi connectivity index (χ4v) is 1.64. The Kier molecular flexibility index (Phi) is 2.14. The molecule has 0 radical (unpaired) electrons. The lowest BCUT2D eigenvalue weighted by Gasteiger charge is -1.97. The predicted octanol–water partition coefficient (Wildman–Crippen LogP) is 1.76. The van der Waals surface area contributed by atoms with E-state index in [4.69, 9.17) is 9.84 Å². The number of hydrogen-bond donors (Lipinski definition) is 1. The molecule has 0 amide bonds. The van der Waals surface area contributed by atoms with Crippen LogP contribution in [0.3, 0.4) is 0 Å². The average molecular weight is 172 g/mol. The van der Waals surface area contributed by atoms with Crippen LogP contribution >= 0.6 is 11.3 Å². The van der Waals surface area contributed by atoms with Gasteiger partial charge in [-0.2, -0.15) is 0 Å². The minimum atomic E-state index is -0.930. The van der Waals surface area contributed by atoms with E-state index >= 15 is 0 Å². The zero-order valence-electron chi connectivity index (χ0n) is 6.25. The summed E-state index contributed by atoms with van der Waals surface area (Å²) in [5.74, 6) is -0.486. The second-order valence-electron chi connectivity index (χ2n) is 2.04. The van der Waals surface area contributed by atoms with Gasteiger partial charge in [0, 0.05) is 10.3 Å². The molecular formula is C7H8O3S. The van der Waals surface area contributed by atoms with Crippen molar-refractivity contribution in [3.05, 3.63) is 15.8 Å². The lowest BCUT2D eigenvalue weighted by molar-refractivity contribution is 0.0693. The summed E-state index contributed by atoms with van der Waals surface area (Å²) in [6.07, 6.45) is 0. The van der Waals surface area contributed by atoms with Crippen LogP contribution in [0.4, 0.5) is 0 Å². The standard InChI is InChI=1S/C7H8O3S/c1-4-6(7(8)9)5(10-2)3-11-4/h3H,1-2H3,(H,8,9). The van der Waals surface area contributed by atoms with Gasteiger partial charge in [0.1, 0.15) is 11.3 Å². The van der Waals surface area contributed by atoms with E-state index < -0.39 is 5.97 Å². The lowest BCUT2D eigenvalue weighted by atomic mass is 10.2. The highest BCUT2D eigenvalue weighted by molar-refractivity contribution is 7.10. The first-order valence-electron chi connectivity index (χ1n) is 3.02. The molecule has 0 saturated heterocycles. The summed E-state index contributed by atoms with van der Waals surface area (Å²) in [6.45, 7) is 1.76. The molecule has 1 heterocycles. The van der Waals surface area contributed by atoms with Crippen LogP contribution in [0.1, 0.15) is 15.2 Å². The summed E-state index contributed by atoms with van der Waals surface area (Å²) < 4.78 is 4.86. The van der Waals surface area contributed by atoms with Crippen LogP contribution in [-0.4, -0.2) is 18.2 Å². The molecule has 3 nitrogen and oxygen atoms in total. The number of thiophene rings is 1. The number of aryl methyl sites for hydroxylation is 1. The first-order chi connectivity index (χ1) is 5.16. The van der Waals surface area contributed by atoms with Crippen molar-refractivity contribution >= 4 is 17.3 Å². The third kappa shape index (κ3) is 1.35. The number of hydrogen-bond acceptors (Lipinski definition) is 3. The van der Waals surface area contributed by atoms with Crippen LogP contribution in [0, 0.1) is 6.92 Å². The van der Waals surface area contributed by atoms with Gasteiger partial charge in [-0.3, -0.25) is 0 Å². The first-order valence-corrected chi connectivity index (χ1v) is 3.90. The smallest absolute Gasteiger partial charge is 0.340 e. The maximum atomic E-state index is 10.6. The minimum Gasteiger partial charge on any atom is -0.495 e. The third-order valence-corrected chi connectivity index (χ3v) is 2.26. The number of carbonyl (C=O) groups is 1. The van der Waals surface area contributed by atoms with E-state index in [-0.39, 0.29) is 5.56 Å². The van der Waals surface area contributed by atoms with E-state index in [2.05, 4.69) is 0 Å². The van der Waals surface area contributed by atoms with Gasteiger partial charge in [0.05, 0.1) is 7.11 Å². The van der Waals surface area contributed by atoms with E-state index in [9.17, 15) is 4.79 Å². The largest absolute Gasteiger partial charge is 0.495 e. The van der Waals surface area contributed by atoms with Gasteiger partial charge < -0.3 is 9.84 Å². The van der Waals surface area contributed by atoms with Crippen LogP contribution in [0.15, 0.2) is 5.38 Å². The minimum absolute atomic E-state index is 0.275. The molecular weight excluding hydrogens is 164 g/mol. The fourth-order valence-electron chi connectivity index (χ4n) is 0.839. The highest BCUT2D eigenvalue weighted by atomic mass is 32.1. The Morgan fingerprint density at radius 2 is 2.36 bits per heavy atom. The van der Waals surface area contributed by atoms with Gasteiger partial charge in [0.25, 0.3) is 0 Å². The SMILES string of the molecule is COc1csc(C)c1C(=O)O. The van der Waals surface area contributed by atoms with Crippen molar-refractivity contribution in [2.45, 2.75) is 6.92 Å². The van der Waals surface area contributed by atoms with Crippen molar-refractivity contribution in [3.8, 4) is 5.75 Å². The molecule has 1 N–H and O–H groups in total.